The summed E-state index contributed by atoms with van der Waals surface area (Å²) in [6.07, 6.45) is 6.48. The lowest BCUT2D eigenvalue weighted by Crippen LogP contribution is -2.39. The van der Waals surface area contributed by atoms with Crippen molar-refractivity contribution < 1.29 is 4.84 Å². The van der Waals surface area contributed by atoms with Gasteiger partial charge in [-0.1, -0.05) is 29.5 Å². The van der Waals surface area contributed by atoms with Crippen molar-refractivity contribution in [1.82, 2.24) is 0 Å². The Morgan fingerprint density at radius 2 is 2.15 bits per heavy atom. The molecule has 106 valence electrons. The molecule has 3 heteroatoms. The van der Waals surface area contributed by atoms with Crippen molar-refractivity contribution in [2.24, 2.45) is 10.6 Å². The van der Waals surface area contributed by atoms with Crippen LogP contribution in [0.5, 0.6) is 0 Å². The Balaban J connectivity index is 2.51. The minimum atomic E-state index is -0.417. The van der Waals surface area contributed by atoms with Gasteiger partial charge in [0.2, 0.25) is 0 Å². The van der Waals surface area contributed by atoms with Gasteiger partial charge in [-0.2, -0.15) is 5.26 Å². The Labute approximate surface area is 121 Å². The molecular formula is C17H22N2O. The van der Waals surface area contributed by atoms with Crippen LogP contribution >= 0.6 is 0 Å². The number of nitrogens with zero attached hydrogens (tertiary/aromatic N) is 2. The fourth-order valence-corrected chi connectivity index (χ4v) is 2.98. The Hall–Kier alpha value is -1.82. The summed E-state index contributed by atoms with van der Waals surface area (Å²) in [5, 5.41) is 13.6. The molecule has 1 aliphatic carbocycles. The molecule has 0 aromatic carbocycles. The molecule has 0 radical (unpaired) electrons. The maximum absolute atomic E-state index is 9.50. The van der Waals surface area contributed by atoms with Crippen LogP contribution in [-0.2, 0) is 4.84 Å². The second-order valence-corrected chi connectivity index (χ2v) is 6.25. The van der Waals surface area contributed by atoms with Crippen molar-refractivity contribution >= 4 is 5.71 Å². The summed E-state index contributed by atoms with van der Waals surface area (Å²) < 4.78 is 0. The zero-order chi connectivity index (χ0) is 15.0. The molecule has 3 nitrogen and oxygen atoms in total. The summed E-state index contributed by atoms with van der Waals surface area (Å²) in [6, 6.07) is 2.46. The third-order valence-electron chi connectivity index (χ3n) is 4.45. The van der Waals surface area contributed by atoms with Crippen LogP contribution in [0.25, 0.3) is 0 Å². The average molecular weight is 270 g/mol. The quantitative estimate of drug-likeness (QED) is 0.702. The molecule has 0 saturated heterocycles. The Bertz CT molecular complexity index is 576. The van der Waals surface area contributed by atoms with Gasteiger partial charge in [-0.15, -0.1) is 0 Å². The van der Waals surface area contributed by atoms with Gasteiger partial charge < -0.3 is 4.84 Å². The van der Waals surface area contributed by atoms with Gasteiger partial charge in [0.1, 0.15) is 0 Å². The highest BCUT2D eigenvalue weighted by Crippen LogP contribution is 2.49. The molecule has 0 N–H and O–H groups in total. The lowest BCUT2D eigenvalue weighted by Gasteiger charge is -2.40. The summed E-state index contributed by atoms with van der Waals surface area (Å²) in [5.74, 6) is 0. The zero-order valence-corrected chi connectivity index (χ0v) is 12.8. The van der Waals surface area contributed by atoms with Crippen molar-refractivity contribution in [2.75, 3.05) is 0 Å². The maximum Gasteiger partial charge on any atom is 0.168 e. The number of rotatable bonds is 2. The molecule has 1 spiro atoms. The molecule has 2 aliphatic rings. The highest BCUT2D eigenvalue weighted by atomic mass is 16.7. The molecule has 2 rings (SSSR count). The monoisotopic (exact) mass is 270 g/mol. The van der Waals surface area contributed by atoms with Crippen LogP contribution in [-0.4, -0.2) is 11.3 Å². The van der Waals surface area contributed by atoms with Crippen LogP contribution in [0, 0.1) is 16.7 Å². The van der Waals surface area contributed by atoms with Gasteiger partial charge in [-0.25, -0.2) is 0 Å². The van der Waals surface area contributed by atoms with Gasteiger partial charge in [0.05, 0.1) is 17.2 Å². The Morgan fingerprint density at radius 1 is 1.45 bits per heavy atom. The molecule has 2 atom stereocenters. The van der Waals surface area contributed by atoms with Crippen molar-refractivity contribution in [3.8, 4) is 6.07 Å². The largest absolute Gasteiger partial charge is 0.384 e. The molecule has 0 bridgehead atoms. The lowest BCUT2D eigenvalue weighted by molar-refractivity contribution is -0.00603. The first kappa shape index (κ1) is 14.6. The van der Waals surface area contributed by atoms with Gasteiger partial charge in [0.15, 0.2) is 5.60 Å². The van der Waals surface area contributed by atoms with E-state index in [1.54, 1.807) is 0 Å². The molecule has 1 aliphatic heterocycles. The van der Waals surface area contributed by atoms with Gasteiger partial charge >= 0.3 is 0 Å². The van der Waals surface area contributed by atoms with Gasteiger partial charge in [-0.05, 0) is 51.7 Å². The predicted octanol–water partition coefficient (Wildman–Crippen LogP) is 4.29. The van der Waals surface area contributed by atoms with E-state index in [1.165, 1.54) is 0 Å². The van der Waals surface area contributed by atoms with E-state index in [0.29, 0.717) is 0 Å². The minimum absolute atomic E-state index is 0.378. The average Bonchev–Trinajstić information content (AvgIpc) is 2.77. The normalized spacial score (nSPS) is 33.2. The molecule has 0 fully saturated rings. The van der Waals surface area contributed by atoms with E-state index in [9.17, 15) is 5.26 Å². The summed E-state index contributed by atoms with van der Waals surface area (Å²) in [5.41, 5.74) is 3.39. The number of hydrogen-bond donors (Lipinski definition) is 0. The van der Waals surface area contributed by atoms with Gasteiger partial charge in [0.25, 0.3) is 0 Å². The molecule has 0 aromatic rings. The molecular weight excluding hydrogens is 248 g/mol. The smallest absolute Gasteiger partial charge is 0.168 e. The van der Waals surface area contributed by atoms with E-state index in [1.807, 2.05) is 33.8 Å². The third-order valence-corrected chi connectivity index (χ3v) is 4.45. The van der Waals surface area contributed by atoms with Crippen molar-refractivity contribution in [3.63, 3.8) is 0 Å². The van der Waals surface area contributed by atoms with Crippen molar-refractivity contribution in [3.05, 3.63) is 35.5 Å². The highest BCUT2D eigenvalue weighted by Gasteiger charge is 2.48. The van der Waals surface area contributed by atoms with Crippen LogP contribution in [0.3, 0.4) is 0 Å². The number of oxime groups is 1. The van der Waals surface area contributed by atoms with Gasteiger partial charge in [0, 0.05) is 6.42 Å². The van der Waals surface area contributed by atoms with E-state index in [4.69, 9.17) is 4.84 Å². The molecule has 1 heterocycles. The highest BCUT2D eigenvalue weighted by molar-refractivity contribution is 5.84. The fraction of sp³-hybridized carbons (Fsp3) is 0.529. The SMILES string of the molecule is C=C(C)/C=C\C1=C(C)C(C)(C#N)CCC12CC(C)=NO2. The first-order valence-corrected chi connectivity index (χ1v) is 7.01. The van der Waals surface area contributed by atoms with Crippen molar-refractivity contribution in [1.29, 1.82) is 5.26 Å². The second-order valence-electron chi connectivity index (χ2n) is 6.25. The number of nitriles is 1. The maximum atomic E-state index is 9.50. The Morgan fingerprint density at radius 3 is 2.65 bits per heavy atom. The third kappa shape index (κ3) is 2.31. The van der Waals surface area contributed by atoms with Crippen molar-refractivity contribution in [2.45, 2.75) is 52.6 Å². The van der Waals surface area contributed by atoms with Gasteiger partial charge in [-0.3, -0.25) is 0 Å². The molecule has 20 heavy (non-hydrogen) atoms. The van der Waals surface area contributed by atoms with E-state index in [2.05, 4.69) is 23.9 Å². The summed E-state index contributed by atoms with van der Waals surface area (Å²) >= 11 is 0. The van der Waals surface area contributed by atoms with E-state index < -0.39 is 5.41 Å². The van der Waals surface area contributed by atoms with Crippen LogP contribution in [0.1, 0.15) is 47.0 Å². The topological polar surface area (TPSA) is 45.4 Å². The van der Waals surface area contributed by atoms with Crippen LogP contribution in [0.4, 0.5) is 0 Å². The van der Waals surface area contributed by atoms with Crippen LogP contribution in [0.2, 0.25) is 0 Å². The van der Waals surface area contributed by atoms with E-state index in [-0.39, 0.29) is 5.60 Å². The molecule has 0 aromatic heterocycles. The molecule has 2 unspecified atom stereocenters. The van der Waals surface area contributed by atoms with E-state index >= 15 is 0 Å². The summed E-state index contributed by atoms with van der Waals surface area (Å²) in [6.45, 7) is 11.9. The zero-order valence-electron chi connectivity index (χ0n) is 12.8. The van der Waals surface area contributed by atoms with Crippen LogP contribution in [0.15, 0.2) is 40.6 Å². The van der Waals surface area contributed by atoms with E-state index in [0.717, 1.165) is 41.7 Å². The van der Waals surface area contributed by atoms with Crippen LogP contribution < -0.4 is 0 Å². The molecule has 0 saturated carbocycles. The first-order chi connectivity index (χ1) is 9.33. The summed E-state index contributed by atoms with van der Waals surface area (Å²) in [4.78, 5) is 5.79. The second kappa shape index (κ2) is 4.94. The fourth-order valence-electron chi connectivity index (χ4n) is 2.98. The first-order valence-electron chi connectivity index (χ1n) is 7.01. The standard InChI is InChI=1S/C17H22N2O/c1-12(2)6-7-15-14(4)16(5,11-18)8-9-17(15)10-13(3)19-20-17/h6-7H,1,8-10H2,2-5H3/b7-6-. The lowest BCUT2D eigenvalue weighted by atomic mass is 9.65. The summed E-state index contributed by atoms with van der Waals surface area (Å²) in [7, 11) is 0. The Kier molecular flexibility index (Phi) is 3.60. The minimum Gasteiger partial charge on any atom is -0.384 e. The number of allylic oxidation sites excluding steroid dienone is 3. The predicted molar refractivity (Wildman–Crippen MR) is 81.2 cm³/mol. The number of hydrogen-bond acceptors (Lipinski definition) is 3. The molecule has 0 amide bonds.